The van der Waals surface area contributed by atoms with Crippen molar-refractivity contribution in [2.45, 2.75) is 77.7 Å². The van der Waals surface area contributed by atoms with Crippen LogP contribution in [0.4, 0.5) is 0 Å². The molecule has 0 unspecified atom stereocenters. The van der Waals surface area contributed by atoms with Gasteiger partial charge in [0.15, 0.2) is 0 Å². The fourth-order valence-corrected chi connectivity index (χ4v) is 3.17. The minimum atomic E-state index is -0.485. The summed E-state index contributed by atoms with van der Waals surface area (Å²) in [5.41, 5.74) is -0.601. The fraction of sp³-hybridized carbons (Fsp3) is 0.929. The molecule has 1 aliphatic rings. The summed E-state index contributed by atoms with van der Waals surface area (Å²) in [6.07, 6.45) is 7.33. The second-order valence-electron chi connectivity index (χ2n) is 5.56. The van der Waals surface area contributed by atoms with Gasteiger partial charge in [-0.25, -0.2) is 0 Å². The predicted molar refractivity (Wildman–Crippen MR) is 66.3 cm³/mol. The maximum absolute atomic E-state index is 11.8. The Morgan fingerprint density at radius 2 is 1.56 bits per heavy atom. The third-order valence-electron chi connectivity index (χ3n) is 4.33. The molecule has 1 rings (SSSR count). The number of carbonyl (C=O) groups is 1. The van der Waals surface area contributed by atoms with Gasteiger partial charge in [0.25, 0.3) is 0 Å². The Labute approximate surface area is 99.4 Å². The van der Waals surface area contributed by atoms with E-state index in [1.54, 1.807) is 6.92 Å². The summed E-state index contributed by atoms with van der Waals surface area (Å²) in [7, 11) is 0. The normalized spacial score (nSPS) is 35.0. The molecule has 0 aliphatic heterocycles. The topological polar surface area (TPSA) is 37.3 Å². The van der Waals surface area contributed by atoms with E-state index in [0.717, 1.165) is 51.4 Å². The van der Waals surface area contributed by atoms with Gasteiger partial charge in [-0.05, 0) is 45.4 Å². The van der Waals surface area contributed by atoms with Gasteiger partial charge in [0.2, 0.25) is 0 Å². The fourth-order valence-electron chi connectivity index (χ4n) is 3.17. The second kappa shape index (κ2) is 5.31. The number of hydrogen-bond donors (Lipinski definition) is 1. The molecule has 2 nitrogen and oxygen atoms in total. The summed E-state index contributed by atoms with van der Waals surface area (Å²) in [5.74, 6) is 0.327. The first kappa shape index (κ1) is 13.7. The van der Waals surface area contributed by atoms with Crippen molar-refractivity contribution in [3.05, 3.63) is 0 Å². The SMILES string of the molecule is CCCC1(O)CCC(CCC)(C(C)=O)CC1. The molecule has 0 heterocycles. The Bertz CT molecular complexity index is 237. The molecule has 0 bridgehead atoms. The molecular weight excluding hydrogens is 200 g/mol. The summed E-state index contributed by atoms with van der Waals surface area (Å²) < 4.78 is 0. The summed E-state index contributed by atoms with van der Waals surface area (Å²) in [6, 6.07) is 0. The Morgan fingerprint density at radius 1 is 1.06 bits per heavy atom. The van der Waals surface area contributed by atoms with Crippen LogP contribution in [0.15, 0.2) is 0 Å². The zero-order valence-corrected chi connectivity index (χ0v) is 11.0. The Balaban J connectivity index is 2.66. The summed E-state index contributed by atoms with van der Waals surface area (Å²) in [4.78, 5) is 11.8. The predicted octanol–water partition coefficient (Wildman–Crippen LogP) is 3.47. The molecule has 0 aromatic heterocycles. The zero-order valence-electron chi connectivity index (χ0n) is 11.0. The van der Waals surface area contributed by atoms with Crippen LogP contribution < -0.4 is 0 Å². The van der Waals surface area contributed by atoms with Crippen molar-refractivity contribution < 1.29 is 9.90 Å². The van der Waals surface area contributed by atoms with E-state index in [1.807, 2.05) is 0 Å². The highest BCUT2D eigenvalue weighted by Crippen LogP contribution is 2.45. The molecule has 1 fully saturated rings. The molecule has 1 saturated carbocycles. The van der Waals surface area contributed by atoms with Gasteiger partial charge >= 0.3 is 0 Å². The van der Waals surface area contributed by atoms with Gasteiger partial charge in [-0.3, -0.25) is 4.79 Å². The molecule has 1 N–H and O–H groups in total. The van der Waals surface area contributed by atoms with E-state index in [1.165, 1.54) is 0 Å². The lowest BCUT2D eigenvalue weighted by atomic mass is 9.64. The molecule has 94 valence electrons. The van der Waals surface area contributed by atoms with Crippen LogP contribution in [0.5, 0.6) is 0 Å². The van der Waals surface area contributed by atoms with E-state index in [9.17, 15) is 9.90 Å². The van der Waals surface area contributed by atoms with Gasteiger partial charge < -0.3 is 5.11 Å². The van der Waals surface area contributed by atoms with E-state index in [0.29, 0.717) is 5.78 Å². The van der Waals surface area contributed by atoms with Crippen LogP contribution in [0, 0.1) is 5.41 Å². The van der Waals surface area contributed by atoms with E-state index in [4.69, 9.17) is 0 Å². The van der Waals surface area contributed by atoms with Gasteiger partial charge in [0, 0.05) is 5.41 Å². The quantitative estimate of drug-likeness (QED) is 0.779. The first-order valence-corrected chi connectivity index (χ1v) is 6.71. The number of carbonyl (C=O) groups excluding carboxylic acids is 1. The summed E-state index contributed by atoms with van der Waals surface area (Å²) >= 11 is 0. The van der Waals surface area contributed by atoms with Gasteiger partial charge in [0.1, 0.15) is 5.78 Å². The number of aliphatic hydroxyl groups is 1. The van der Waals surface area contributed by atoms with Crippen LogP contribution in [0.3, 0.4) is 0 Å². The molecule has 0 aromatic carbocycles. The van der Waals surface area contributed by atoms with Gasteiger partial charge in [0.05, 0.1) is 5.60 Å². The molecule has 0 amide bonds. The van der Waals surface area contributed by atoms with Crippen LogP contribution in [0.1, 0.15) is 72.1 Å². The van der Waals surface area contributed by atoms with Crippen molar-refractivity contribution in [3.8, 4) is 0 Å². The molecule has 16 heavy (non-hydrogen) atoms. The number of hydrogen-bond acceptors (Lipinski definition) is 2. The van der Waals surface area contributed by atoms with Gasteiger partial charge in [-0.1, -0.05) is 26.7 Å². The Kier molecular flexibility index (Phi) is 4.54. The maximum Gasteiger partial charge on any atom is 0.135 e. The van der Waals surface area contributed by atoms with Crippen molar-refractivity contribution in [2.75, 3.05) is 0 Å². The monoisotopic (exact) mass is 226 g/mol. The second-order valence-corrected chi connectivity index (χ2v) is 5.56. The highest BCUT2D eigenvalue weighted by Gasteiger charge is 2.43. The van der Waals surface area contributed by atoms with Crippen molar-refractivity contribution >= 4 is 5.78 Å². The molecule has 0 aromatic rings. The molecule has 1 aliphatic carbocycles. The standard InChI is InChI=1S/C14H26O2/c1-4-6-13(12(3)15)8-10-14(16,7-5-2)11-9-13/h16H,4-11H2,1-3H3. The van der Waals surface area contributed by atoms with Gasteiger partial charge in [-0.15, -0.1) is 0 Å². The van der Waals surface area contributed by atoms with Crippen molar-refractivity contribution in [3.63, 3.8) is 0 Å². The van der Waals surface area contributed by atoms with E-state index in [2.05, 4.69) is 13.8 Å². The highest BCUT2D eigenvalue weighted by atomic mass is 16.3. The molecule has 0 atom stereocenters. The molecule has 0 radical (unpaired) electrons. The number of Topliss-reactive ketones (excluding diaryl/α,β-unsaturated/α-hetero) is 1. The highest BCUT2D eigenvalue weighted by molar-refractivity contribution is 5.82. The molecule has 2 heteroatoms. The van der Waals surface area contributed by atoms with Crippen LogP contribution >= 0.6 is 0 Å². The first-order valence-electron chi connectivity index (χ1n) is 6.71. The van der Waals surface area contributed by atoms with Crippen LogP contribution in [0.2, 0.25) is 0 Å². The van der Waals surface area contributed by atoms with Crippen LogP contribution in [-0.4, -0.2) is 16.5 Å². The third kappa shape index (κ3) is 2.85. The van der Waals surface area contributed by atoms with E-state index in [-0.39, 0.29) is 5.41 Å². The van der Waals surface area contributed by atoms with E-state index < -0.39 is 5.60 Å². The summed E-state index contributed by atoms with van der Waals surface area (Å²) in [6.45, 7) is 5.97. The Morgan fingerprint density at radius 3 is 1.94 bits per heavy atom. The van der Waals surface area contributed by atoms with Crippen molar-refractivity contribution in [1.29, 1.82) is 0 Å². The minimum absolute atomic E-state index is 0.116. The van der Waals surface area contributed by atoms with E-state index >= 15 is 0 Å². The molecule has 0 spiro atoms. The van der Waals surface area contributed by atoms with Crippen LogP contribution in [0.25, 0.3) is 0 Å². The molecule has 0 saturated heterocycles. The maximum atomic E-state index is 11.8. The largest absolute Gasteiger partial charge is 0.390 e. The lowest BCUT2D eigenvalue weighted by Crippen LogP contribution is -2.42. The third-order valence-corrected chi connectivity index (χ3v) is 4.33. The van der Waals surface area contributed by atoms with Crippen molar-refractivity contribution in [2.24, 2.45) is 5.41 Å². The summed E-state index contributed by atoms with van der Waals surface area (Å²) in [5, 5.41) is 10.3. The van der Waals surface area contributed by atoms with Gasteiger partial charge in [-0.2, -0.15) is 0 Å². The first-order chi connectivity index (χ1) is 7.48. The number of ketones is 1. The van der Waals surface area contributed by atoms with Crippen molar-refractivity contribution in [1.82, 2.24) is 0 Å². The zero-order chi connectivity index (χ0) is 12.2. The smallest absolute Gasteiger partial charge is 0.135 e. The lowest BCUT2D eigenvalue weighted by Gasteiger charge is -2.42. The number of rotatable bonds is 5. The lowest BCUT2D eigenvalue weighted by molar-refractivity contribution is -0.133. The Hall–Kier alpha value is -0.370. The average Bonchev–Trinajstić information content (AvgIpc) is 2.22. The van der Waals surface area contributed by atoms with Crippen LogP contribution in [-0.2, 0) is 4.79 Å². The average molecular weight is 226 g/mol. The minimum Gasteiger partial charge on any atom is -0.390 e. The molecular formula is C14H26O2.